The minimum Gasteiger partial charge on any atom is -0.327 e. The van der Waals surface area contributed by atoms with Crippen molar-refractivity contribution in [1.82, 2.24) is 15.6 Å². The first-order valence-corrected chi connectivity index (χ1v) is 11.1. The summed E-state index contributed by atoms with van der Waals surface area (Å²) in [5, 5.41) is 8.79. The molecule has 4 rings (SSSR count). The van der Waals surface area contributed by atoms with E-state index < -0.39 is 12.1 Å². The highest BCUT2D eigenvalue weighted by Gasteiger charge is 2.24. The predicted octanol–water partition coefficient (Wildman–Crippen LogP) is 4.72. The first-order valence-electron chi connectivity index (χ1n) is 11.1. The van der Waals surface area contributed by atoms with Gasteiger partial charge < -0.3 is 16.0 Å². The second-order valence-electron chi connectivity index (χ2n) is 7.84. The van der Waals surface area contributed by atoms with E-state index in [4.69, 9.17) is 0 Å². The van der Waals surface area contributed by atoms with E-state index in [1.54, 1.807) is 24.5 Å². The van der Waals surface area contributed by atoms with Crippen LogP contribution in [0.3, 0.4) is 0 Å². The number of carbonyl (C=O) groups excluding carboxylic acids is 2. The molecule has 0 aliphatic rings. The third kappa shape index (κ3) is 6.29. The van der Waals surface area contributed by atoms with Gasteiger partial charge in [-0.05, 0) is 28.8 Å². The number of benzene rings is 3. The smallest absolute Gasteiger partial charge is 0.316 e. The van der Waals surface area contributed by atoms with Gasteiger partial charge in [-0.2, -0.15) is 0 Å². The maximum atomic E-state index is 13.1. The zero-order valence-corrected chi connectivity index (χ0v) is 18.6. The molecule has 3 amide bonds. The number of rotatable bonds is 8. The molecule has 170 valence electrons. The number of nitrogens with zero attached hydrogens (tertiary/aromatic N) is 1. The molecule has 0 fully saturated rings. The Morgan fingerprint density at radius 1 is 0.676 bits per heavy atom. The van der Waals surface area contributed by atoms with Crippen LogP contribution in [0.2, 0.25) is 0 Å². The average molecular weight is 451 g/mol. The highest BCUT2D eigenvalue weighted by Crippen LogP contribution is 2.21. The highest BCUT2D eigenvalue weighted by molar-refractivity contribution is 5.97. The molecule has 3 N–H and O–H groups in total. The highest BCUT2D eigenvalue weighted by atomic mass is 16.2. The standard InChI is InChI=1S/C28H26N4O2/c33-27(30-24-16-18-29-19-17-24)25(20-21-10-4-1-5-11-21)31-28(34)32-26(22-12-6-2-7-13-22)23-14-8-3-9-15-23/h1-19,25-26H,20H2,(H,29,30,33)(H2,31,32,34)/t25-/m0/s1. The molecule has 0 aliphatic heterocycles. The van der Waals surface area contributed by atoms with E-state index in [2.05, 4.69) is 20.9 Å². The van der Waals surface area contributed by atoms with Crippen molar-refractivity contribution in [3.8, 4) is 0 Å². The van der Waals surface area contributed by atoms with Crippen LogP contribution >= 0.6 is 0 Å². The second kappa shape index (κ2) is 11.4. The Bertz CT molecular complexity index is 1150. The van der Waals surface area contributed by atoms with Crippen LogP contribution in [0.1, 0.15) is 22.7 Å². The number of anilines is 1. The van der Waals surface area contributed by atoms with E-state index in [0.717, 1.165) is 16.7 Å². The van der Waals surface area contributed by atoms with Gasteiger partial charge in [0.2, 0.25) is 5.91 Å². The summed E-state index contributed by atoms with van der Waals surface area (Å²) in [7, 11) is 0. The monoisotopic (exact) mass is 450 g/mol. The van der Waals surface area contributed by atoms with E-state index in [9.17, 15) is 9.59 Å². The fraction of sp³-hybridized carbons (Fsp3) is 0.107. The van der Waals surface area contributed by atoms with Crippen LogP contribution in [-0.4, -0.2) is 23.0 Å². The van der Waals surface area contributed by atoms with Crippen LogP contribution in [0.15, 0.2) is 116 Å². The van der Waals surface area contributed by atoms with E-state index in [1.165, 1.54) is 0 Å². The Hall–Kier alpha value is -4.45. The molecular formula is C28H26N4O2. The Balaban J connectivity index is 1.53. The molecule has 34 heavy (non-hydrogen) atoms. The van der Waals surface area contributed by atoms with Gasteiger partial charge in [-0.25, -0.2) is 4.79 Å². The van der Waals surface area contributed by atoms with E-state index >= 15 is 0 Å². The van der Waals surface area contributed by atoms with Gasteiger partial charge in [0.25, 0.3) is 0 Å². The summed E-state index contributed by atoms with van der Waals surface area (Å²) in [6, 6.07) is 30.9. The van der Waals surface area contributed by atoms with Gasteiger partial charge in [0.1, 0.15) is 6.04 Å². The van der Waals surface area contributed by atoms with Crippen LogP contribution in [0, 0.1) is 0 Å². The first kappa shape index (κ1) is 22.7. The number of pyridine rings is 1. The molecule has 0 aliphatic carbocycles. The predicted molar refractivity (Wildman–Crippen MR) is 133 cm³/mol. The van der Waals surface area contributed by atoms with Gasteiger partial charge in [-0.1, -0.05) is 91.0 Å². The van der Waals surface area contributed by atoms with Crippen molar-refractivity contribution < 1.29 is 9.59 Å². The molecule has 1 heterocycles. The Kier molecular flexibility index (Phi) is 7.64. The van der Waals surface area contributed by atoms with Crippen molar-refractivity contribution in [2.24, 2.45) is 0 Å². The SMILES string of the molecule is O=C(NC(c1ccccc1)c1ccccc1)N[C@@H](Cc1ccccc1)C(=O)Nc1ccncc1. The largest absolute Gasteiger partial charge is 0.327 e. The van der Waals surface area contributed by atoms with Crippen LogP contribution < -0.4 is 16.0 Å². The van der Waals surface area contributed by atoms with Crippen molar-refractivity contribution in [2.45, 2.75) is 18.5 Å². The molecule has 6 heteroatoms. The number of hydrogen-bond donors (Lipinski definition) is 3. The topological polar surface area (TPSA) is 83.1 Å². The lowest BCUT2D eigenvalue weighted by Gasteiger charge is -2.23. The number of aromatic nitrogens is 1. The fourth-order valence-corrected chi connectivity index (χ4v) is 3.70. The fourth-order valence-electron chi connectivity index (χ4n) is 3.70. The van der Waals surface area contributed by atoms with E-state index in [-0.39, 0.29) is 11.9 Å². The van der Waals surface area contributed by atoms with Gasteiger partial charge in [-0.15, -0.1) is 0 Å². The van der Waals surface area contributed by atoms with Gasteiger partial charge in [-0.3, -0.25) is 9.78 Å². The third-order valence-electron chi connectivity index (χ3n) is 5.39. The first-order chi connectivity index (χ1) is 16.7. The van der Waals surface area contributed by atoms with Gasteiger partial charge in [0, 0.05) is 24.5 Å². The molecule has 4 aromatic rings. The summed E-state index contributed by atoms with van der Waals surface area (Å²) in [6.45, 7) is 0. The zero-order chi connectivity index (χ0) is 23.6. The van der Waals surface area contributed by atoms with Crippen molar-refractivity contribution >= 4 is 17.6 Å². The summed E-state index contributed by atoms with van der Waals surface area (Å²) in [4.78, 5) is 30.2. The normalized spacial score (nSPS) is 11.4. The minimum atomic E-state index is -0.775. The van der Waals surface area contributed by atoms with Crippen LogP contribution in [-0.2, 0) is 11.2 Å². The lowest BCUT2D eigenvalue weighted by molar-refractivity contribution is -0.117. The molecule has 0 saturated carbocycles. The summed E-state index contributed by atoms with van der Waals surface area (Å²) in [5.74, 6) is -0.304. The molecular weight excluding hydrogens is 424 g/mol. The molecule has 0 spiro atoms. The van der Waals surface area contributed by atoms with Crippen LogP contribution in [0.25, 0.3) is 0 Å². The molecule has 0 unspecified atom stereocenters. The summed E-state index contributed by atoms with van der Waals surface area (Å²) < 4.78 is 0. The Morgan fingerprint density at radius 2 is 1.21 bits per heavy atom. The number of carbonyl (C=O) groups is 2. The second-order valence-corrected chi connectivity index (χ2v) is 7.84. The Labute approximate surface area is 199 Å². The molecule has 0 saturated heterocycles. The lowest BCUT2D eigenvalue weighted by Crippen LogP contribution is -2.50. The average Bonchev–Trinajstić information content (AvgIpc) is 2.89. The molecule has 0 bridgehead atoms. The van der Waals surface area contributed by atoms with Crippen molar-refractivity contribution in [3.63, 3.8) is 0 Å². The van der Waals surface area contributed by atoms with Crippen LogP contribution in [0.4, 0.5) is 10.5 Å². The van der Waals surface area contributed by atoms with Crippen LogP contribution in [0.5, 0.6) is 0 Å². The van der Waals surface area contributed by atoms with Gasteiger partial charge in [0.05, 0.1) is 6.04 Å². The lowest BCUT2D eigenvalue weighted by atomic mass is 9.99. The molecule has 3 aromatic carbocycles. The van der Waals surface area contributed by atoms with Gasteiger partial charge >= 0.3 is 6.03 Å². The zero-order valence-electron chi connectivity index (χ0n) is 18.6. The maximum absolute atomic E-state index is 13.1. The number of amides is 3. The quantitative estimate of drug-likeness (QED) is 0.363. The molecule has 0 radical (unpaired) electrons. The summed E-state index contributed by atoms with van der Waals surface area (Å²) in [6.07, 6.45) is 3.56. The third-order valence-corrected chi connectivity index (χ3v) is 5.39. The van der Waals surface area contributed by atoms with E-state index in [0.29, 0.717) is 12.1 Å². The number of hydrogen-bond acceptors (Lipinski definition) is 3. The number of nitrogens with one attached hydrogen (secondary N) is 3. The molecule has 6 nitrogen and oxygen atoms in total. The molecule has 1 aromatic heterocycles. The van der Waals surface area contributed by atoms with Crippen molar-refractivity contribution in [3.05, 3.63) is 132 Å². The number of urea groups is 1. The minimum absolute atomic E-state index is 0.304. The van der Waals surface area contributed by atoms with Crippen molar-refractivity contribution in [1.29, 1.82) is 0 Å². The maximum Gasteiger partial charge on any atom is 0.316 e. The van der Waals surface area contributed by atoms with Gasteiger partial charge in [0.15, 0.2) is 0 Å². The summed E-state index contributed by atoms with van der Waals surface area (Å²) in [5.41, 5.74) is 3.46. The summed E-state index contributed by atoms with van der Waals surface area (Å²) >= 11 is 0. The van der Waals surface area contributed by atoms with E-state index in [1.807, 2.05) is 91.0 Å². The Morgan fingerprint density at radius 3 is 1.76 bits per heavy atom. The van der Waals surface area contributed by atoms with Crippen molar-refractivity contribution in [2.75, 3.05) is 5.32 Å². The molecule has 1 atom stereocenters.